The Morgan fingerprint density at radius 2 is 2.00 bits per heavy atom. The van der Waals surface area contributed by atoms with Crippen molar-refractivity contribution in [2.75, 3.05) is 18.5 Å². The summed E-state index contributed by atoms with van der Waals surface area (Å²) >= 11 is 0. The number of nitrogens with one attached hydrogen (secondary N) is 1. The van der Waals surface area contributed by atoms with Gasteiger partial charge in [0.05, 0.1) is 19.6 Å². The van der Waals surface area contributed by atoms with E-state index in [0.29, 0.717) is 18.0 Å². The Morgan fingerprint density at radius 3 is 2.77 bits per heavy atom. The van der Waals surface area contributed by atoms with Gasteiger partial charge in [-0.15, -0.1) is 0 Å². The number of fused-ring (bicyclic) bond motifs is 1. The van der Waals surface area contributed by atoms with Crippen molar-refractivity contribution >= 4 is 23.6 Å². The van der Waals surface area contributed by atoms with Crippen LogP contribution >= 0.6 is 0 Å². The standard InChI is InChI=1S/C20H20N2O4/c21-19(23)10-12-25-17-5-3-16(4-6-17)22-20(24)8-2-14-1-7-18-15(13-14)9-11-26-18/h1-8,13H,9-12H2,(H2,21,23)(H,22,24)/b8-2+. The Balaban J connectivity index is 1.52. The molecule has 3 N–H and O–H groups in total. The van der Waals surface area contributed by atoms with E-state index in [1.807, 2.05) is 18.2 Å². The highest BCUT2D eigenvalue weighted by molar-refractivity contribution is 6.01. The van der Waals surface area contributed by atoms with Crippen LogP contribution in [0.5, 0.6) is 11.5 Å². The number of anilines is 1. The van der Waals surface area contributed by atoms with E-state index in [2.05, 4.69) is 5.32 Å². The predicted octanol–water partition coefficient (Wildman–Crippen LogP) is 2.53. The molecular formula is C20H20N2O4. The fraction of sp³-hybridized carbons (Fsp3) is 0.200. The number of carbonyl (C=O) groups excluding carboxylic acids is 2. The summed E-state index contributed by atoms with van der Waals surface area (Å²) in [5, 5.41) is 2.79. The fourth-order valence-corrected chi connectivity index (χ4v) is 2.57. The summed E-state index contributed by atoms with van der Waals surface area (Å²) in [6.45, 7) is 0.945. The van der Waals surface area contributed by atoms with Crippen LogP contribution in [0.25, 0.3) is 6.08 Å². The number of hydrogen-bond donors (Lipinski definition) is 2. The molecule has 1 heterocycles. The molecule has 0 aliphatic carbocycles. The Morgan fingerprint density at radius 1 is 1.19 bits per heavy atom. The van der Waals surface area contributed by atoms with Gasteiger partial charge >= 0.3 is 0 Å². The minimum absolute atomic E-state index is 0.165. The van der Waals surface area contributed by atoms with Crippen molar-refractivity contribution in [1.29, 1.82) is 0 Å². The topological polar surface area (TPSA) is 90.7 Å². The van der Waals surface area contributed by atoms with E-state index < -0.39 is 5.91 Å². The molecule has 3 rings (SSSR count). The van der Waals surface area contributed by atoms with Gasteiger partial charge in [0.2, 0.25) is 11.8 Å². The van der Waals surface area contributed by atoms with Crippen LogP contribution in [-0.4, -0.2) is 25.0 Å². The van der Waals surface area contributed by atoms with Crippen molar-refractivity contribution in [3.63, 3.8) is 0 Å². The van der Waals surface area contributed by atoms with Gasteiger partial charge in [0.15, 0.2) is 0 Å². The number of amides is 2. The lowest BCUT2D eigenvalue weighted by Gasteiger charge is -2.06. The molecule has 0 unspecified atom stereocenters. The SMILES string of the molecule is NC(=O)CCOc1ccc(NC(=O)/C=C/c2ccc3c(c2)CCO3)cc1. The molecule has 2 aromatic carbocycles. The van der Waals surface area contributed by atoms with E-state index in [-0.39, 0.29) is 18.9 Å². The molecule has 0 fully saturated rings. The van der Waals surface area contributed by atoms with Gasteiger partial charge in [-0.3, -0.25) is 9.59 Å². The van der Waals surface area contributed by atoms with Crippen LogP contribution in [-0.2, 0) is 16.0 Å². The monoisotopic (exact) mass is 352 g/mol. The number of primary amides is 1. The Hall–Kier alpha value is -3.28. The molecule has 6 nitrogen and oxygen atoms in total. The van der Waals surface area contributed by atoms with Gasteiger partial charge in [0.25, 0.3) is 0 Å². The number of ether oxygens (including phenoxy) is 2. The van der Waals surface area contributed by atoms with Crippen LogP contribution in [0.1, 0.15) is 17.5 Å². The summed E-state index contributed by atoms with van der Waals surface area (Å²) in [5.74, 6) is 0.908. The molecule has 134 valence electrons. The summed E-state index contributed by atoms with van der Waals surface area (Å²) in [4.78, 5) is 22.7. The maximum atomic E-state index is 12.0. The minimum Gasteiger partial charge on any atom is -0.493 e. The average Bonchev–Trinajstić information content (AvgIpc) is 3.09. The van der Waals surface area contributed by atoms with Crippen LogP contribution in [0.15, 0.2) is 48.5 Å². The molecule has 0 spiro atoms. The van der Waals surface area contributed by atoms with Crippen LogP contribution in [0.3, 0.4) is 0 Å². The Labute approximate surface area is 151 Å². The lowest BCUT2D eigenvalue weighted by atomic mass is 10.1. The van der Waals surface area contributed by atoms with Gasteiger partial charge in [0, 0.05) is 18.2 Å². The summed E-state index contributed by atoms with van der Waals surface area (Å²) in [6, 6.07) is 12.8. The third-order valence-corrected chi connectivity index (χ3v) is 3.88. The third kappa shape index (κ3) is 4.86. The van der Waals surface area contributed by atoms with Crippen molar-refractivity contribution in [1.82, 2.24) is 0 Å². The molecule has 0 saturated carbocycles. The summed E-state index contributed by atoms with van der Waals surface area (Å²) in [7, 11) is 0. The molecule has 26 heavy (non-hydrogen) atoms. The van der Waals surface area contributed by atoms with Gasteiger partial charge in [-0.05, 0) is 53.6 Å². The Bertz CT molecular complexity index is 828. The van der Waals surface area contributed by atoms with Gasteiger partial charge in [-0.2, -0.15) is 0 Å². The smallest absolute Gasteiger partial charge is 0.248 e. The van der Waals surface area contributed by atoms with Crippen molar-refractivity contribution in [3.8, 4) is 11.5 Å². The maximum Gasteiger partial charge on any atom is 0.248 e. The second-order valence-electron chi connectivity index (χ2n) is 5.88. The zero-order valence-corrected chi connectivity index (χ0v) is 14.2. The van der Waals surface area contributed by atoms with Gasteiger partial charge < -0.3 is 20.5 Å². The van der Waals surface area contributed by atoms with Gasteiger partial charge in [-0.25, -0.2) is 0 Å². The van der Waals surface area contributed by atoms with Gasteiger partial charge in [0.1, 0.15) is 11.5 Å². The van der Waals surface area contributed by atoms with Crippen LogP contribution < -0.4 is 20.5 Å². The first-order valence-corrected chi connectivity index (χ1v) is 8.36. The molecule has 0 atom stereocenters. The summed E-state index contributed by atoms with van der Waals surface area (Å²) < 4.78 is 10.8. The predicted molar refractivity (Wildman–Crippen MR) is 99.1 cm³/mol. The first-order valence-electron chi connectivity index (χ1n) is 8.36. The first kappa shape index (κ1) is 17.5. The molecule has 1 aliphatic heterocycles. The molecule has 0 radical (unpaired) electrons. The highest BCUT2D eigenvalue weighted by Crippen LogP contribution is 2.26. The first-order chi connectivity index (χ1) is 12.6. The van der Waals surface area contributed by atoms with Crippen LogP contribution in [0.2, 0.25) is 0 Å². The second-order valence-corrected chi connectivity index (χ2v) is 5.88. The van der Waals surface area contributed by atoms with Crippen LogP contribution in [0.4, 0.5) is 5.69 Å². The molecule has 0 aromatic heterocycles. The molecule has 0 saturated heterocycles. The van der Waals surface area contributed by atoms with E-state index in [4.69, 9.17) is 15.2 Å². The lowest BCUT2D eigenvalue weighted by molar-refractivity contribution is -0.118. The number of carbonyl (C=O) groups is 2. The quantitative estimate of drug-likeness (QED) is 0.749. The lowest BCUT2D eigenvalue weighted by Crippen LogP contribution is -2.14. The number of benzene rings is 2. The average molecular weight is 352 g/mol. The maximum absolute atomic E-state index is 12.0. The van der Waals surface area contributed by atoms with Crippen molar-refractivity contribution in [2.45, 2.75) is 12.8 Å². The molecule has 1 aliphatic rings. The van der Waals surface area contributed by atoms with E-state index >= 15 is 0 Å². The normalized spacial score (nSPS) is 12.5. The zero-order chi connectivity index (χ0) is 18.4. The van der Waals surface area contributed by atoms with Gasteiger partial charge in [-0.1, -0.05) is 6.07 Å². The van der Waals surface area contributed by atoms with Crippen molar-refractivity contribution in [2.24, 2.45) is 5.73 Å². The summed E-state index contributed by atoms with van der Waals surface area (Å²) in [6.07, 6.45) is 4.33. The third-order valence-electron chi connectivity index (χ3n) is 3.88. The highest BCUT2D eigenvalue weighted by atomic mass is 16.5. The molecule has 2 amide bonds. The number of hydrogen-bond acceptors (Lipinski definition) is 4. The summed E-state index contributed by atoms with van der Waals surface area (Å²) in [5.41, 5.74) is 7.84. The molecule has 6 heteroatoms. The molecular weight excluding hydrogens is 332 g/mol. The largest absolute Gasteiger partial charge is 0.493 e. The van der Waals surface area contributed by atoms with E-state index in [1.54, 1.807) is 30.3 Å². The van der Waals surface area contributed by atoms with Crippen molar-refractivity contribution < 1.29 is 19.1 Å². The highest BCUT2D eigenvalue weighted by Gasteiger charge is 2.11. The second kappa shape index (κ2) is 8.20. The van der Waals surface area contributed by atoms with E-state index in [1.165, 1.54) is 11.6 Å². The Kier molecular flexibility index (Phi) is 5.53. The molecule has 0 bridgehead atoms. The number of nitrogens with two attached hydrogens (primary N) is 1. The fourth-order valence-electron chi connectivity index (χ4n) is 2.57. The molecule has 2 aromatic rings. The zero-order valence-electron chi connectivity index (χ0n) is 14.2. The van der Waals surface area contributed by atoms with Crippen molar-refractivity contribution in [3.05, 3.63) is 59.7 Å². The van der Waals surface area contributed by atoms with Crippen LogP contribution in [0, 0.1) is 0 Å². The minimum atomic E-state index is -0.406. The number of rotatable bonds is 7. The van der Waals surface area contributed by atoms with E-state index in [9.17, 15) is 9.59 Å². The van der Waals surface area contributed by atoms with E-state index in [0.717, 1.165) is 17.7 Å².